The number of aryl methyl sites for hydroxylation is 1. The van der Waals surface area contributed by atoms with Crippen LogP contribution in [0.4, 0.5) is 4.79 Å². The lowest BCUT2D eigenvalue weighted by Crippen LogP contribution is -2.41. The first-order valence-electron chi connectivity index (χ1n) is 8.93. The minimum Gasteiger partial charge on any atom is -0.465 e. The van der Waals surface area contributed by atoms with Gasteiger partial charge in [-0.1, -0.05) is 30.3 Å². The van der Waals surface area contributed by atoms with Crippen LogP contribution < -0.4 is 0 Å². The second kappa shape index (κ2) is 8.72. The molecule has 1 atom stereocenters. The molecule has 1 amide bonds. The summed E-state index contributed by atoms with van der Waals surface area (Å²) < 4.78 is 6.20. The summed E-state index contributed by atoms with van der Waals surface area (Å²) >= 11 is 2.26. The van der Waals surface area contributed by atoms with Crippen molar-refractivity contribution < 1.29 is 24.2 Å². The van der Waals surface area contributed by atoms with Crippen LogP contribution in [-0.2, 0) is 9.53 Å². The van der Waals surface area contributed by atoms with Gasteiger partial charge < -0.3 is 9.84 Å². The van der Waals surface area contributed by atoms with E-state index in [2.05, 4.69) is 22.6 Å². The highest BCUT2D eigenvalue weighted by molar-refractivity contribution is 14.1. The van der Waals surface area contributed by atoms with E-state index in [4.69, 9.17) is 9.84 Å². The van der Waals surface area contributed by atoms with Gasteiger partial charge in [-0.05, 0) is 71.2 Å². The molecule has 2 aromatic rings. The molecule has 28 heavy (non-hydrogen) atoms. The van der Waals surface area contributed by atoms with E-state index < -0.39 is 24.7 Å². The average Bonchev–Trinajstić information content (AvgIpc) is 3.19. The molecule has 0 radical (unpaired) electrons. The van der Waals surface area contributed by atoms with E-state index in [0.717, 1.165) is 25.2 Å². The Balaban J connectivity index is 1.74. The fraction of sp³-hybridized carbons (Fsp3) is 0.286. The van der Waals surface area contributed by atoms with Crippen LogP contribution in [0, 0.1) is 10.5 Å². The Morgan fingerprint density at radius 2 is 1.93 bits per heavy atom. The molecule has 2 aromatic carbocycles. The lowest BCUT2D eigenvalue weighted by atomic mass is 9.98. The number of hydrogen-bond donors (Lipinski definition) is 1. The van der Waals surface area contributed by atoms with Crippen molar-refractivity contribution in [1.29, 1.82) is 0 Å². The predicted octanol–water partition coefficient (Wildman–Crippen LogP) is 4.13. The Kier molecular flexibility index (Phi) is 6.33. The van der Waals surface area contributed by atoms with Crippen LogP contribution in [-0.4, -0.2) is 47.0 Å². The average molecular weight is 493 g/mol. The second-order valence-corrected chi connectivity index (χ2v) is 7.76. The van der Waals surface area contributed by atoms with Gasteiger partial charge in [0.25, 0.3) is 0 Å². The zero-order valence-electron chi connectivity index (χ0n) is 15.4. The Bertz CT molecular complexity index is 913. The normalized spacial score (nSPS) is 16.1. The topological polar surface area (TPSA) is 83.9 Å². The Hall–Kier alpha value is -2.42. The number of carboxylic acid groups (broad SMARTS) is 1. The summed E-state index contributed by atoms with van der Waals surface area (Å²) in [5.74, 6) is -0.983. The molecular weight excluding hydrogens is 473 g/mol. The number of esters is 1. The molecule has 1 heterocycles. The fourth-order valence-electron chi connectivity index (χ4n) is 3.32. The zero-order chi connectivity index (χ0) is 20.3. The lowest BCUT2D eigenvalue weighted by molar-refractivity contribution is -0.147. The maximum absolute atomic E-state index is 12.6. The third-order valence-corrected chi connectivity index (χ3v) is 6.21. The fourth-order valence-corrected chi connectivity index (χ4v) is 3.94. The van der Waals surface area contributed by atoms with Gasteiger partial charge >= 0.3 is 12.1 Å². The summed E-state index contributed by atoms with van der Waals surface area (Å²) in [6, 6.07) is 12.5. The van der Waals surface area contributed by atoms with Gasteiger partial charge in [0, 0.05) is 15.7 Å². The number of carbonyl (C=O) groups is 3. The Morgan fingerprint density at radius 3 is 2.61 bits per heavy atom. The van der Waals surface area contributed by atoms with Crippen molar-refractivity contribution in [2.24, 2.45) is 0 Å². The predicted molar refractivity (Wildman–Crippen MR) is 112 cm³/mol. The third-order valence-electron chi connectivity index (χ3n) is 4.78. The molecule has 7 heteroatoms. The van der Waals surface area contributed by atoms with Gasteiger partial charge in [-0.3, -0.25) is 9.69 Å². The van der Waals surface area contributed by atoms with Gasteiger partial charge in [-0.25, -0.2) is 9.59 Å². The number of hydrogen-bond acceptors (Lipinski definition) is 4. The Morgan fingerprint density at radius 1 is 1.21 bits per heavy atom. The standard InChI is InChI=1S/C21H20INO5/c1-13-10-15(11-16(19(13)22)14-6-3-2-4-7-14)18(24)12-28-20(25)17-8-5-9-23(17)21(26)27/h2-4,6-7,10-11,17H,5,8-9,12H2,1H3,(H,26,27)/t17-/m0/s1. The van der Waals surface area contributed by atoms with E-state index in [1.807, 2.05) is 37.3 Å². The smallest absolute Gasteiger partial charge is 0.408 e. The molecule has 1 saturated heterocycles. The summed E-state index contributed by atoms with van der Waals surface area (Å²) in [5.41, 5.74) is 3.38. The SMILES string of the molecule is Cc1cc(C(=O)COC(=O)[C@@H]2CCCN2C(=O)O)cc(-c2ccccc2)c1I. The van der Waals surface area contributed by atoms with Crippen LogP contribution in [0.5, 0.6) is 0 Å². The highest BCUT2D eigenvalue weighted by Gasteiger charge is 2.35. The maximum Gasteiger partial charge on any atom is 0.408 e. The van der Waals surface area contributed by atoms with E-state index >= 15 is 0 Å². The van der Waals surface area contributed by atoms with Crippen molar-refractivity contribution in [3.63, 3.8) is 0 Å². The maximum atomic E-state index is 12.6. The number of carbonyl (C=O) groups excluding carboxylic acids is 2. The van der Waals surface area contributed by atoms with E-state index in [0.29, 0.717) is 24.9 Å². The summed E-state index contributed by atoms with van der Waals surface area (Å²) in [6.45, 7) is 1.83. The van der Waals surface area contributed by atoms with Crippen LogP contribution in [0.3, 0.4) is 0 Å². The number of amides is 1. The van der Waals surface area contributed by atoms with E-state index in [1.54, 1.807) is 12.1 Å². The molecule has 6 nitrogen and oxygen atoms in total. The summed E-state index contributed by atoms with van der Waals surface area (Å²) in [4.78, 5) is 37.1. The first-order chi connectivity index (χ1) is 13.4. The second-order valence-electron chi connectivity index (χ2n) is 6.69. The van der Waals surface area contributed by atoms with Crippen LogP contribution >= 0.6 is 22.6 Å². The largest absolute Gasteiger partial charge is 0.465 e. The number of halogens is 1. The van der Waals surface area contributed by atoms with E-state index in [9.17, 15) is 14.4 Å². The van der Waals surface area contributed by atoms with Crippen molar-refractivity contribution in [1.82, 2.24) is 4.90 Å². The molecule has 146 valence electrons. The lowest BCUT2D eigenvalue weighted by Gasteiger charge is -2.19. The minimum atomic E-state index is -1.15. The number of benzene rings is 2. The Labute approximate surface area is 176 Å². The molecule has 1 N–H and O–H groups in total. The highest BCUT2D eigenvalue weighted by atomic mass is 127. The van der Waals surface area contributed by atoms with Crippen LogP contribution in [0.2, 0.25) is 0 Å². The molecule has 0 spiro atoms. The van der Waals surface area contributed by atoms with E-state index in [-0.39, 0.29) is 5.78 Å². The monoisotopic (exact) mass is 493 g/mol. The van der Waals surface area contributed by atoms with Crippen LogP contribution in [0.15, 0.2) is 42.5 Å². The number of ketones is 1. The van der Waals surface area contributed by atoms with Crippen LogP contribution in [0.25, 0.3) is 11.1 Å². The number of nitrogens with zero attached hydrogens (tertiary/aromatic N) is 1. The molecule has 1 aliphatic rings. The number of ether oxygens (including phenoxy) is 1. The molecule has 0 aliphatic carbocycles. The van der Waals surface area contributed by atoms with Gasteiger partial charge in [0.1, 0.15) is 6.04 Å². The molecule has 1 aliphatic heterocycles. The van der Waals surface area contributed by atoms with Crippen LogP contribution in [0.1, 0.15) is 28.8 Å². The molecule has 0 saturated carbocycles. The molecule has 0 bridgehead atoms. The minimum absolute atomic E-state index is 0.305. The van der Waals surface area contributed by atoms with Gasteiger partial charge in [0.05, 0.1) is 0 Å². The number of likely N-dealkylation sites (tertiary alicyclic amines) is 1. The van der Waals surface area contributed by atoms with Gasteiger partial charge in [-0.15, -0.1) is 0 Å². The van der Waals surface area contributed by atoms with Crippen molar-refractivity contribution in [3.8, 4) is 11.1 Å². The van der Waals surface area contributed by atoms with Gasteiger partial charge in [0.15, 0.2) is 12.4 Å². The number of Topliss-reactive ketones (excluding diaryl/α,β-unsaturated/α-hetero) is 1. The highest BCUT2D eigenvalue weighted by Crippen LogP contribution is 2.29. The third kappa shape index (κ3) is 4.35. The van der Waals surface area contributed by atoms with E-state index in [1.165, 1.54) is 0 Å². The molecular formula is C21H20INO5. The van der Waals surface area contributed by atoms with Gasteiger partial charge in [0.2, 0.25) is 0 Å². The molecule has 1 fully saturated rings. The summed E-state index contributed by atoms with van der Waals surface area (Å²) in [7, 11) is 0. The van der Waals surface area contributed by atoms with Crippen molar-refractivity contribution in [3.05, 3.63) is 57.2 Å². The molecule has 3 rings (SSSR count). The van der Waals surface area contributed by atoms with Crippen molar-refractivity contribution >= 4 is 40.4 Å². The van der Waals surface area contributed by atoms with Crippen molar-refractivity contribution in [2.45, 2.75) is 25.8 Å². The zero-order valence-corrected chi connectivity index (χ0v) is 17.5. The molecule has 0 unspecified atom stereocenters. The summed E-state index contributed by atoms with van der Waals surface area (Å²) in [5, 5.41) is 9.13. The number of rotatable bonds is 5. The summed E-state index contributed by atoms with van der Waals surface area (Å²) in [6.07, 6.45) is -0.122. The first kappa shape index (κ1) is 20.3. The quantitative estimate of drug-likeness (QED) is 0.385. The first-order valence-corrected chi connectivity index (χ1v) is 10.0. The van der Waals surface area contributed by atoms with Crippen molar-refractivity contribution in [2.75, 3.05) is 13.2 Å². The molecule has 0 aromatic heterocycles. The van der Waals surface area contributed by atoms with Gasteiger partial charge in [-0.2, -0.15) is 0 Å².